The van der Waals surface area contributed by atoms with Crippen molar-refractivity contribution in [3.63, 3.8) is 0 Å². The largest absolute Gasteiger partial charge is 0.497 e. The maximum absolute atomic E-state index is 10.2. The Hall–Kier alpha value is -1.10. The molecular weight excluding hydrogens is 242 g/mol. The van der Waals surface area contributed by atoms with Crippen LogP contribution >= 0.6 is 0 Å². The van der Waals surface area contributed by atoms with Crippen LogP contribution in [-0.2, 0) is 0 Å². The monoisotopic (exact) mass is 265 g/mol. The molecule has 4 nitrogen and oxygen atoms in total. The Balaban J connectivity index is 1.91. The van der Waals surface area contributed by atoms with E-state index >= 15 is 0 Å². The van der Waals surface area contributed by atoms with Gasteiger partial charge >= 0.3 is 0 Å². The number of benzene rings is 1. The van der Waals surface area contributed by atoms with Crippen LogP contribution in [0.1, 0.15) is 37.4 Å². The lowest BCUT2D eigenvalue weighted by molar-refractivity contribution is 0.122. The molecule has 1 unspecified atom stereocenters. The fraction of sp³-hybridized carbons (Fsp3) is 0.600. The van der Waals surface area contributed by atoms with E-state index < -0.39 is 6.10 Å². The van der Waals surface area contributed by atoms with E-state index in [1.54, 1.807) is 7.11 Å². The number of β-amino-alcohol motifs (C(OH)–C–C–N with tert-alkyl or cyclic N) is 1. The Morgan fingerprint density at radius 1 is 1.26 bits per heavy atom. The van der Waals surface area contributed by atoms with Gasteiger partial charge in [0, 0.05) is 12.1 Å². The van der Waals surface area contributed by atoms with Crippen molar-refractivity contribution in [1.82, 2.24) is 5.32 Å². The van der Waals surface area contributed by atoms with Crippen molar-refractivity contribution in [1.29, 1.82) is 0 Å². The zero-order valence-corrected chi connectivity index (χ0v) is 11.4. The summed E-state index contributed by atoms with van der Waals surface area (Å²) in [5.74, 6) is 0.784. The van der Waals surface area contributed by atoms with Gasteiger partial charge in [0.25, 0.3) is 0 Å². The van der Waals surface area contributed by atoms with Crippen molar-refractivity contribution in [2.75, 3.05) is 20.3 Å². The molecule has 1 aromatic carbocycles. The molecule has 0 aliphatic heterocycles. The molecular formula is C15H23NO3. The number of aliphatic hydroxyl groups excluding tert-OH is 2. The molecule has 1 saturated carbocycles. The minimum atomic E-state index is -0.560. The molecule has 4 heteroatoms. The van der Waals surface area contributed by atoms with Gasteiger partial charge in [-0.2, -0.15) is 0 Å². The van der Waals surface area contributed by atoms with E-state index in [4.69, 9.17) is 4.74 Å². The van der Waals surface area contributed by atoms with Gasteiger partial charge in [0.05, 0.1) is 19.8 Å². The first-order valence-corrected chi connectivity index (χ1v) is 6.87. The standard InChI is InChI=1S/C15H23NO3/c1-19-13-6-4-12(5-7-13)14(18)10-16-15(11-17)8-2-3-9-15/h4-7,14,16-18H,2-3,8-11H2,1H3. The lowest BCUT2D eigenvalue weighted by Gasteiger charge is -2.29. The molecule has 106 valence electrons. The molecule has 0 spiro atoms. The average Bonchev–Trinajstić information content (AvgIpc) is 2.94. The molecule has 1 atom stereocenters. The van der Waals surface area contributed by atoms with E-state index in [1.165, 1.54) is 0 Å². The molecule has 0 saturated heterocycles. The summed E-state index contributed by atoms with van der Waals surface area (Å²) in [6.07, 6.45) is 3.70. The molecule has 0 amide bonds. The summed E-state index contributed by atoms with van der Waals surface area (Å²) in [5, 5.41) is 23.0. The van der Waals surface area contributed by atoms with Gasteiger partial charge in [-0.05, 0) is 30.5 Å². The number of ether oxygens (including phenoxy) is 1. The molecule has 3 N–H and O–H groups in total. The SMILES string of the molecule is COc1ccc(C(O)CNC2(CO)CCCC2)cc1. The summed E-state index contributed by atoms with van der Waals surface area (Å²) in [4.78, 5) is 0. The normalized spacial score (nSPS) is 19.3. The first kappa shape index (κ1) is 14.3. The summed E-state index contributed by atoms with van der Waals surface area (Å²) in [6.45, 7) is 0.606. The zero-order chi connectivity index (χ0) is 13.7. The Morgan fingerprint density at radius 2 is 1.89 bits per heavy atom. The van der Waals surface area contributed by atoms with Crippen molar-refractivity contribution in [2.24, 2.45) is 0 Å². The van der Waals surface area contributed by atoms with E-state index in [0.29, 0.717) is 6.54 Å². The number of rotatable bonds is 6. The molecule has 1 fully saturated rings. The van der Waals surface area contributed by atoms with Crippen LogP contribution in [0, 0.1) is 0 Å². The van der Waals surface area contributed by atoms with Gasteiger partial charge in [-0.3, -0.25) is 0 Å². The summed E-state index contributed by atoms with van der Waals surface area (Å²) in [7, 11) is 1.62. The average molecular weight is 265 g/mol. The van der Waals surface area contributed by atoms with E-state index in [9.17, 15) is 10.2 Å². The first-order valence-electron chi connectivity index (χ1n) is 6.87. The van der Waals surface area contributed by atoms with Crippen LogP contribution in [0.25, 0.3) is 0 Å². The number of hydrogen-bond donors (Lipinski definition) is 3. The second kappa shape index (κ2) is 6.37. The van der Waals surface area contributed by atoms with Gasteiger partial charge in [0.1, 0.15) is 5.75 Å². The van der Waals surface area contributed by atoms with Crippen LogP contribution in [-0.4, -0.2) is 36.0 Å². The smallest absolute Gasteiger partial charge is 0.118 e. The highest BCUT2D eigenvalue weighted by molar-refractivity contribution is 5.28. The van der Waals surface area contributed by atoms with Gasteiger partial charge in [-0.25, -0.2) is 0 Å². The van der Waals surface area contributed by atoms with Crippen molar-refractivity contribution < 1.29 is 14.9 Å². The maximum Gasteiger partial charge on any atom is 0.118 e. The number of aliphatic hydroxyl groups is 2. The number of nitrogens with one attached hydrogen (secondary N) is 1. The molecule has 0 radical (unpaired) electrons. The molecule has 2 rings (SSSR count). The molecule has 1 aliphatic carbocycles. The van der Waals surface area contributed by atoms with E-state index in [2.05, 4.69) is 5.32 Å². The minimum absolute atomic E-state index is 0.141. The fourth-order valence-electron chi connectivity index (χ4n) is 2.70. The lowest BCUT2D eigenvalue weighted by atomic mass is 9.98. The van der Waals surface area contributed by atoms with Crippen LogP contribution in [0.15, 0.2) is 24.3 Å². The third-order valence-electron chi connectivity index (χ3n) is 4.03. The van der Waals surface area contributed by atoms with Gasteiger partial charge in [0.15, 0.2) is 0 Å². The molecule has 0 aromatic heterocycles. The summed E-state index contributed by atoms with van der Waals surface area (Å²) in [6, 6.07) is 7.42. The van der Waals surface area contributed by atoms with Crippen LogP contribution in [0.5, 0.6) is 5.75 Å². The molecule has 0 bridgehead atoms. The summed E-state index contributed by atoms with van der Waals surface area (Å²) in [5.41, 5.74) is 0.673. The summed E-state index contributed by atoms with van der Waals surface area (Å²) >= 11 is 0. The first-order chi connectivity index (χ1) is 9.19. The van der Waals surface area contributed by atoms with Crippen molar-refractivity contribution in [3.8, 4) is 5.75 Å². The number of methoxy groups -OCH3 is 1. The Kier molecular flexibility index (Phi) is 4.80. The van der Waals surface area contributed by atoms with E-state index in [-0.39, 0.29) is 12.1 Å². The second-order valence-electron chi connectivity index (χ2n) is 5.32. The summed E-state index contributed by atoms with van der Waals surface area (Å²) < 4.78 is 5.09. The van der Waals surface area contributed by atoms with Crippen molar-refractivity contribution in [2.45, 2.75) is 37.3 Å². The topological polar surface area (TPSA) is 61.7 Å². The van der Waals surface area contributed by atoms with Gasteiger partial charge in [-0.1, -0.05) is 25.0 Å². The van der Waals surface area contributed by atoms with Crippen LogP contribution in [0.3, 0.4) is 0 Å². The Labute approximate surface area is 114 Å². The predicted molar refractivity (Wildman–Crippen MR) is 74.2 cm³/mol. The van der Waals surface area contributed by atoms with Crippen LogP contribution in [0.2, 0.25) is 0 Å². The minimum Gasteiger partial charge on any atom is -0.497 e. The second-order valence-corrected chi connectivity index (χ2v) is 5.32. The van der Waals surface area contributed by atoms with E-state index in [1.807, 2.05) is 24.3 Å². The van der Waals surface area contributed by atoms with Gasteiger partial charge in [-0.15, -0.1) is 0 Å². The highest BCUT2D eigenvalue weighted by atomic mass is 16.5. The zero-order valence-electron chi connectivity index (χ0n) is 11.4. The van der Waals surface area contributed by atoms with Gasteiger partial charge in [0.2, 0.25) is 0 Å². The van der Waals surface area contributed by atoms with E-state index in [0.717, 1.165) is 37.0 Å². The third-order valence-corrected chi connectivity index (χ3v) is 4.03. The van der Waals surface area contributed by atoms with Gasteiger partial charge < -0.3 is 20.3 Å². The van der Waals surface area contributed by atoms with Crippen molar-refractivity contribution >= 4 is 0 Å². The van der Waals surface area contributed by atoms with Crippen LogP contribution < -0.4 is 10.1 Å². The van der Waals surface area contributed by atoms with Crippen molar-refractivity contribution in [3.05, 3.63) is 29.8 Å². The lowest BCUT2D eigenvalue weighted by Crippen LogP contribution is -2.47. The molecule has 1 aliphatic rings. The molecule has 1 aromatic rings. The predicted octanol–water partition coefficient (Wildman–Crippen LogP) is 1.62. The fourth-order valence-corrected chi connectivity index (χ4v) is 2.70. The maximum atomic E-state index is 10.2. The number of hydrogen-bond acceptors (Lipinski definition) is 4. The Morgan fingerprint density at radius 3 is 2.42 bits per heavy atom. The Bertz CT molecular complexity index is 385. The molecule has 0 heterocycles. The highest BCUT2D eigenvalue weighted by Crippen LogP contribution is 2.29. The third kappa shape index (κ3) is 3.47. The quantitative estimate of drug-likeness (QED) is 0.731. The van der Waals surface area contributed by atoms with Crippen LogP contribution in [0.4, 0.5) is 0 Å². The molecule has 19 heavy (non-hydrogen) atoms. The highest BCUT2D eigenvalue weighted by Gasteiger charge is 2.32.